The number of hydrogen-bond donors (Lipinski definition) is 2. The van der Waals surface area contributed by atoms with Crippen LogP contribution >= 0.6 is 0 Å². The highest BCUT2D eigenvalue weighted by Gasteiger charge is 2.35. The van der Waals surface area contributed by atoms with Gasteiger partial charge in [0.1, 0.15) is 0 Å². The van der Waals surface area contributed by atoms with Crippen LogP contribution in [-0.4, -0.2) is 22.4 Å². The lowest BCUT2D eigenvalue weighted by Gasteiger charge is -2.37. The fraction of sp³-hybridized carbons (Fsp3) is 0.450. The Morgan fingerprint density at radius 2 is 1.10 bits per heavy atom. The smallest absolute Gasteiger partial charge is 0.0634 e. The van der Waals surface area contributed by atoms with E-state index in [9.17, 15) is 10.2 Å². The Bertz CT molecular complexity index is 1290. The molecule has 0 fully saturated rings. The van der Waals surface area contributed by atoms with Gasteiger partial charge in [0.05, 0.1) is 12.2 Å². The van der Waals surface area contributed by atoms with Gasteiger partial charge in [-0.15, -0.1) is 0 Å². The first-order valence-electron chi connectivity index (χ1n) is 15.5. The molecule has 42 heavy (non-hydrogen) atoms. The van der Waals surface area contributed by atoms with E-state index in [1.54, 1.807) is 0 Å². The van der Waals surface area contributed by atoms with Gasteiger partial charge in [0.15, 0.2) is 0 Å². The van der Waals surface area contributed by atoms with E-state index in [4.69, 9.17) is 0 Å². The number of hydrogen-bond acceptors (Lipinski definition) is 2. The summed E-state index contributed by atoms with van der Waals surface area (Å²) in [5.74, 6) is 0. The fourth-order valence-electron chi connectivity index (χ4n) is 5.89. The van der Waals surface area contributed by atoms with Gasteiger partial charge in [-0.05, 0) is 83.8 Å². The third kappa shape index (κ3) is 11.0. The Labute approximate surface area is 257 Å². The molecule has 0 radical (unpaired) electrons. The number of rotatable bonds is 10. The number of aliphatic hydroxyl groups excluding tert-OH is 2. The van der Waals surface area contributed by atoms with Crippen molar-refractivity contribution in [2.45, 2.75) is 107 Å². The molecule has 0 aliphatic heterocycles. The average molecular weight is 569 g/mol. The van der Waals surface area contributed by atoms with Crippen molar-refractivity contribution in [2.75, 3.05) is 0 Å². The Hall–Kier alpha value is -2.94. The highest BCUT2D eigenvalue weighted by atomic mass is 16.3. The van der Waals surface area contributed by atoms with Crippen LogP contribution in [0.15, 0.2) is 130 Å². The molecule has 2 nitrogen and oxygen atoms in total. The van der Waals surface area contributed by atoms with Crippen molar-refractivity contribution >= 4 is 0 Å². The van der Waals surface area contributed by atoms with Gasteiger partial charge in [0.25, 0.3) is 0 Å². The third-order valence-corrected chi connectivity index (χ3v) is 8.55. The Morgan fingerprint density at radius 3 is 1.60 bits per heavy atom. The maximum absolute atomic E-state index is 10.4. The van der Waals surface area contributed by atoms with Crippen molar-refractivity contribution in [2.24, 2.45) is 10.8 Å². The SMILES string of the molecule is CC1=C(/C=C/C(C)=C/C=C/C(C)=C/C=C/C=C(C)/C=C/C=C(C)/C=C/C2=C(C)CCC(O)C2(C)C)C(C)(C)CC(O)C1. The molecule has 0 amide bonds. The normalized spacial score (nSPS) is 25.0. The molecule has 2 unspecified atom stereocenters. The van der Waals surface area contributed by atoms with E-state index in [0.717, 1.165) is 25.7 Å². The minimum Gasteiger partial charge on any atom is -0.393 e. The van der Waals surface area contributed by atoms with Gasteiger partial charge in [0, 0.05) is 5.41 Å². The molecule has 2 N–H and O–H groups in total. The summed E-state index contributed by atoms with van der Waals surface area (Å²) < 4.78 is 0. The van der Waals surface area contributed by atoms with Crippen molar-refractivity contribution in [3.05, 3.63) is 130 Å². The molecule has 0 bridgehead atoms. The lowest BCUT2D eigenvalue weighted by Crippen LogP contribution is -2.34. The summed E-state index contributed by atoms with van der Waals surface area (Å²) in [7, 11) is 0. The van der Waals surface area contributed by atoms with Crippen LogP contribution in [0.2, 0.25) is 0 Å². The zero-order chi connectivity index (χ0) is 31.5. The molecule has 0 spiro atoms. The summed E-state index contributed by atoms with van der Waals surface area (Å²) in [6, 6.07) is 0. The predicted molar refractivity (Wildman–Crippen MR) is 184 cm³/mol. The molecule has 228 valence electrons. The molecule has 0 saturated carbocycles. The van der Waals surface area contributed by atoms with Gasteiger partial charge in [-0.2, -0.15) is 0 Å². The zero-order valence-corrected chi connectivity index (χ0v) is 28.0. The quantitative estimate of drug-likeness (QED) is 0.257. The van der Waals surface area contributed by atoms with Crippen LogP contribution in [0, 0.1) is 10.8 Å². The topological polar surface area (TPSA) is 40.5 Å². The van der Waals surface area contributed by atoms with E-state index < -0.39 is 0 Å². The molecule has 0 aromatic carbocycles. The molecule has 2 rings (SSSR count). The molecule has 0 aromatic rings. The Balaban J connectivity index is 1.91. The van der Waals surface area contributed by atoms with Crippen molar-refractivity contribution in [3.8, 4) is 0 Å². The van der Waals surface area contributed by atoms with Crippen molar-refractivity contribution in [1.82, 2.24) is 0 Å². The van der Waals surface area contributed by atoms with Crippen molar-refractivity contribution in [1.29, 1.82) is 0 Å². The molecule has 2 atom stereocenters. The molecule has 0 saturated heterocycles. The molecule has 2 aliphatic carbocycles. The first kappa shape index (κ1) is 35.3. The number of aliphatic hydroxyl groups is 2. The summed E-state index contributed by atoms with van der Waals surface area (Å²) in [6.45, 7) is 21.5. The average Bonchev–Trinajstić information content (AvgIpc) is 2.87. The largest absolute Gasteiger partial charge is 0.393 e. The van der Waals surface area contributed by atoms with Gasteiger partial charge in [-0.3, -0.25) is 0 Å². The van der Waals surface area contributed by atoms with Crippen LogP contribution in [0.25, 0.3) is 0 Å². The summed E-state index contributed by atoms with van der Waals surface area (Å²) in [5, 5.41) is 20.5. The fourth-order valence-corrected chi connectivity index (χ4v) is 5.89. The molecule has 2 heteroatoms. The van der Waals surface area contributed by atoms with Crippen molar-refractivity contribution in [3.63, 3.8) is 0 Å². The van der Waals surface area contributed by atoms with Gasteiger partial charge in [0.2, 0.25) is 0 Å². The summed E-state index contributed by atoms with van der Waals surface area (Å²) in [5.41, 5.74) is 9.83. The second kappa shape index (κ2) is 16.1. The molecular weight excluding hydrogens is 512 g/mol. The van der Waals surface area contributed by atoms with Crippen LogP contribution in [0.3, 0.4) is 0 Å². The van der Waals surface area contributed by atoms with E-state index in [0.29, 0.717) is 0 Å². The first-order chi connectivity index (χ1) is 19.6. The van der Waals surface area contributed by atoms with E-state index >= 15 is 0 Å². The van der Waals surface area contributed by atoms with Gasteiger partial charge >= 0.3 is 0 Å². The lowest BCUT2D eigenvalue weighted by molar-refractivity contribution is 0.0607. The minimum absolute atomic E-state index is 0.00484. The van der Waals surface area contributed by atoms with Crippen LogP contribution in [0.1, 0.15) is 94.9 Å². The molecular formula is C40H56O2. The first-order valence-corrected chi connectivity index (χ1v) is 15.5. The van der Waals surface area contributed by atoms with Crippen LogP contribution in [0.5, 0.6) is 0 Å². The third-order valence-electron chi connectivity index (χ3n) is 8.55. The Morgan fingerprint density at radius 1 is 0.643 bits per heavy atom. The van der Waals surface area contributed by atoms with Crippen LogP contribution in [0.4, 0.5) is 0 Å². The second-order valence-corrected chi connectivity index (χ2v) is 13.5. The zero-order valence-electron chi connectivity index (χ0n) is 28.0. The molecule has 0 aromatic heterocycles. The van der Waals surface area contributed by atoms with Gasteiger partial charge in [-0.1, -0.05) is 146 Å². The lowest BCUT2D eigenvalue weighted by atomic mass is 9.70. The highest BCUT2D eigenvalue weighted by molar-refractivity contribution is 5.39. The Kier molecular flexibility index (Phi) is 13.5. The molecule has 0 heterocycles. The van der Waals surface area contributed by atoms with Crippen LogP contribution < -0.4 is 0 Å². The minimum atomic E-state index is -0.284. The molecule has 2 aliphatic rings. The maximum atomic E-state index is 10.4. The van der Waals surface area contributed by atoms with Crippen molar-refractivity contribution < 1.29 is 10.2 Å². The predicted octanol–water partition coefficient (Wildman–Crippen LogP) is 10.5. The van der Waals surface area contributed by atoms with Gasteiger partial charge in [-0.25, -0.2) is 0 Å². The maximum Gasteiger partial charge on any atom is 0.0634 e. The summed E-state index contributed by atoms with van der Waals surface area (Å²) in [4.78, 5) is 0. The van der Waals surface area contributed by atoms with E-state index in [2.05, 4.69) is 154 Å². The summed E-state index contributed by atoms with van der Waals surface area (Å²) >= 11 is 0. The second-order valence-electron chi connectivity index (χ2n) is 13.5. The number of allylic oxidation sites excluding steroid dienone is 20. The van der Waals surface area contributed by atoms with E-state index in [-0.39, 0.29) is 23.0 Å². The summed E-state index contributed by atoms with van der Waals surface area (Å²) in [6.07, 6.45) is 32.7. The van der Waals surface area contributed by atoms with Gasteiger partial charge < -0.3 is 10.2 Å². The van der Waals surface area contributed by atoms with E-state index in [1.165, 1.54) is 44.6 Å². The van der Waals surface area contributed by atoms with Crippen LogP contribution in [-0.2, 0) is 0 Å². The van der Waals surface area contributed by atoms with E-state index in [1.807, 2.05) is 0 Å². The standard InChI is InChI=1S/C40H56O2/c1-29(17-13-19-31(3)21-24-36-34(6)27-35(41)28-39(36,7)8)15-11-12-16-30(2)18-14-20-32(4)22-25-37-33(5)23-26-38(42)40(37,9)10/h11-22,24-25,35,38,41-42H,23,26-28H2,1-10H3/b12-11+,17-13+,18-14+,24-21+,25-22+,29-15+,30-16+,31-19+,32-20+. The monoisotopic (exact) mass is 568 g/mol. The highest BCUT2D eigenvalue weighted by Crippen LogP contribution is 2.42.